The van der Waals surface area contributed by atoms with E-state index >= 15 is 0 Å². The maximum Gasteiger partial charge on any atom is 0.249 e. The Morgan fingerprint density at radius 2 is 1.96 bits per heavy atom. The summed E-state index contributed by atoms with van der Waals surface area (Å²) in [6.45, 7) is 7.13. The third kappa shape index (κ3) is 4.22. The first-order chi connectivity index (χ1) is 12.1. The monoisotopic (exact) mass is 370 g/mol. The quantitative estimate of drug-likeness (QED) is 0.596. The molecule has 1 amide bonds. The van der Waals surface area contributed by atoms with Gasteiger partial charge in [-0.05, 0) is 50.1 Å². The first-order valence-electron chi connectivity index (χ1n) is 8.44. The third-order valence-corrected chi connectivity index (χ3v) is 6.22. The SMILES string of the molecule is CCn1c(=NC(=O)CCSc2ccccc2)sc2c(C)cc(C)cc21. The molecule has 2 aromatic carbocycles. The molecule has 0 aliphatic carbocycles. The molecule has 0 unspecified atom stereocenters. The largest absolute Gasteiger partial charge is 0.317 e. The maximum atomic E-state index is 12.3. The van der Waals surface area contributed by atoms with Crippen LogP contribution in [0.5, 0.6) is 0 Å². The van der Waals surface area contributed by atoms with Crippen LogP contribution in [0.2, 0.25) is 0 Å². The zero-order valence-electron chi connectivity index (χ0n) is 14.8. The van der Waals surface area contributed by atoms with Gasteiger partial charge in [-0.25, -0.2) is 0 Å². The minimum Gasteiger partial charge on any atom is -0.317 e. The van der Waals surface area contributed by atoms with E-state index in [-0.39, 0.29) is 5.91 Å². The molecule has 0 radical (unpaired) electrons. The van der Waals surface area contributed by atoms with Gasteiger partial charge in [-0.3, -0.25) is 4.79 Å². The fourth-order valence-electron chi connectivity index (χ4n) is 2.84. The molecule has 0 aliphatic heterocycles. The maximum absolute atomic E-state index is 12.3. The molecule has 0 saturated carbocycles. The highest BCUT2D eigenvalue weighted by atomic mass is 32.2. The number of hydrogen-bond acceptors (Lipinski definition) is 3. The average Bonchev–Trinajstić information content (AvgIpc) is 2.93. The predicted octanol–water partition coefficient (Wildman–Crippen LogP) is 4.95. The number of carbonyl (C=O) groups excluding carboxylic acids is 1. The van der Waals surface area contributed by atoms with Crippen molar-refractivity contribution in [2.75, 3.05) is 5.75 Å². The zero-order valence-corrected chi connectivity index (χ0v) is 16.4. The Morgan fingerprint density at radius 3 is 2.68 bits per heavy atom. The van der Waals surface area contributed by atoms with Crippen molar-refractivity contribution in [1.29, 1.82) is 0 Å². The molecule has 0 saturated heterocycles. The Labute approximate surface area is 156 Å². The summed E-state index contributed by atoms with van der Waals surface area (Å²) in [5, 5.41) is 0. The van der Waals surface area contributed by atoms with Crippen LogP contribution in [0.15, 0.2) is 52.4 Å². The number of aromatic nitrogens is 1. The topological polar surface area (TPSA) is 34.4 Å². The average molecular weight is 371 g/mol. The van der Waals surface area contributed by atoms with Crippen molar-refractivity contribution in [2.45, 2.75) is 38.6 Å². The summed E-state index contributed by atoms with van der Waals surface area (Å²) in [5.74, 6) is 0.702. The normalized spacial score (nSPS) is 12.0. The van der Waals surface area contributed by atoms with Crippen molar-refractivity contribution >= 4 is 39.2 Å². The van der Waals surface area contributed by atoms with Gasteiger partial charge < -0.3 is 4.57 Å². The van der Waals surface area contributed by atoms with Crippen LogP contribution in [0.1, 0.15) is 24.5 Å². The van der Waals surface area contributed by atoms with E-state index in [1.54, 1.807) is 23.1 Å². The first-order valence-corrected chi connectivity index (χ1v) is 10.2. The lowest BCUT2D eigenvalue weighted by Gasteiger charge is -2.03. The van der Waals surface area contributed by atoms with Crippen LogP contribution in [-0.4, -0.2) is 16.2 Å². The van der Waals surface area contributed by atoms with Crippen molar-refractivity contribution in [1.82, 2.24) is 4.57 Å². The second-order valence-corrected chi connectivity index (χ2v) is 8.12. The minimum absolute atomic E-state index is 0.0495. The molecule has 1 aromatic heterocycles. The highest BCUT2D eigenvalue weighted by molar-refractivity contribution is 7.99. The van der Waals surface area contributed by atoms with E-state index in [9.17, 15) is 4.79 Å². The van der Waals surface area contributed by atoms with E-state index in [0.717, 1.165) is 17.1 Å². The number of carbonyl (C=O) groups is 1. The summed E-state index contributed by atoms with van der Waals surface area (Å²) in [6.07, 6.45) is 0.454. The number of aryl methyl sites for hydroxylation is 3. The van der Waals surface area contributed by atoms with Gasteiger partial charge in [0.25, 0.3) is 0 Å². The summed E-state index contributed by atoms with van der Waals surface area (Å²) < 4.78 is 3.36. The lowest BCUT2D eigenvalue weighted by atomic mass is 10.1. The number of thiazole rings is 1. The fraction of sp³-hybridized carbons (Fsp3) is 0.300. The second kappa shape index (κ2) is 8.02. The molecule has 5 heteroatoms. The smallest absolute Gasteiger partial charge is 0.249 e. The molecule has 0 atom stereocenters. The molecule has 25 heavy (non-hydrogen) atoms. The van der Waals surface area contributed by atoms with Crippen LogP contribution in [0.4, 0.5) is 0 Å². The van der Waals surface area contributed by atoms with Gasteiger partial charge in [0.2, 0.25) is 5.91 Å². The molecule has 1 heterocycles. The van der Waals surface area contributed by atoms with E-state index in [2.05, 4.69) is 54.6 Å². The van der Waals surface area contributed by atoms with Gasteiger partial charge in [0, 0.05) is 23.6 Å². The van der Waals surface area contributed by atoms with Gasteiger partial charge in [-0.1, -0.05) is 35.6 Å². The highest BCUT2D eigenvalue weighted by Crippen LogP contribution is 2.23. The molecule has 130 valence electrons. The second-order valence-electron chi connectivity index (χ2n) is 5.98. The van der Waals surface area contributed by atoms with Gasteiger partial charge in [0.05, 0.1) is 10.2 Å². The molecule has 3 rings (SSSR count). The van der Waals surface area contributed by atoms with Gasteiger partial charge >= 0.3 is 0 Å². The molecule has 0 fully saturated rings. The lowest BCUT2D eigenvalue weighted by Crippen LogP contribution is -2.16. The molecule has 0 N–H and O–H groups in total. The molecular weight excluding hydrogens is 348 g/mol. The van der Waals surface area contributed by atoms with Crippen molar-refractivity contribution in [3.63, 3.8) is 0 Å². The molecule has 3 nitrogen and oxygen atoms in total. The Kier molecular flexibility index (Phi) is 5.76. The minimum atomic E-state index is -0.0495. The Hall–Kier alpha value is -1.85. The Balaban J connectivity index is 1.80. The number of nitrogens with zero attached hydrogens (tertiary/aromatic N) is 2. The van der Waals surface area contributed by atoms with Crippen LogP contribution >= 0.6 is 23.1 Å². The third-order valence-electron chi connectivity index (χ3n) is 3.98. The number of benzene rings is 2. The first kappa shape index (κ1) is 18.0. The predicted molar refractivity (Wildman–Crippen MR) is 107 cm³/mol. The highest BCUT2D eigenvalue weighted by Gasteiger charge is 2.09. The summed E-state index contributed by atoms with van der Waals surface area (Å²) in [5.41, 5.74) is 3.66. The van der Waals surface area contributed by atoms with Crippen molar-refractivity contribution in [3.05, 3.63) is 58.4 Å². The van der Waals surface area contributed by atoms with Crippen molar-refractivity contribution in [3.8, 4) is 0 Å². The summed E-state index contributed by atoms with van der Waals surface area (Å²) in [4.78, 5) is 18.7. The number of thioether (sulfide) groups is 1. The van der Waals surface area contributed by atoms with E-state index < -0.39 is 0 Å². The van der Waals surface area contributed by atoms with Crippen LogP contribution in [-0.2, 0) is 11.3 Å². The Morgan fingerprint density at radius 1 is 1.20 bits per heavy atom. The van der Waals surface area contributed by atoms with Gasteiger partial charge in [-0.15, -0.1) is 11.8 Å². The van der Waals surface area contributed by atoms with Crippen LogP contribution in [0.25, 0.3) is 10.2 Å². The van der Waals surface area contributed by atoms with E-state index in [1.165, 1.54) is 26.2 Å². The van der Waals surface area contributed by atoms with Gasteiger partial charge in [0.15, 0.2) is 4.80 Å². The molecule has 0 aliphatic rings. The number of fused-ring (bicyclic) bond motifs is 1. The molecule has 0 spiro atoms. The lowest BCUT2D eigenvalue weighted by molar-refractivity contribution is -0.117. The van der Waals surface area contributed by atoms with Crippen molar-refractivity contribution < 1.29 is 4.79 Å². The number of hydrogen-bond donors (Lipinski definition) is 0. The standard InChI is InChI=1S/C20H22N2OS2/c1-4-22-17-13-14(2)12-15(3)19(17)25-20(22)21-18(23)10-11-24-16-8-6-5-7-9-16/h5-9,12-13H,4,10-11H2,1-3H3. The van der Waals surface area contributed by atoms with Crippen LogP contribution in [0, 0.1) is 13.8 Å². The zero-order chi connectivity index (χ0) is 17.8. The van der Waals surface area contributed by atoms with Crippen LogP contribution in [0.3, 0.4) is 0 Å². The van der Waals surface area contributed by atoms with Gasteiger partial charge in [0.1, 0.15) is 0 Å². The van der Waals surface area contributed by atoms with Crippen molar-refractivity contribution in [2.24, 2.45) is 4.99 Å². The fourth-order valence-corrected chi connectivity index (χ4v) is 4.86. The molecular formula is C20H22N2OS2. The summed E-state index contributed by atoms with van der Waals surface area (Å²) in [7, 11) is 0. The van der Waals surface area contributed by atoms with E-state index in [4.69, 9.17) is 0 Å². The number of amides is 1. The van der Waals surface area contributed by atoms with E-state index in [1.807, 2.05) is 18.2 Å². The van der Waals surface area contributed by atoms with Gasteiger partial charge in [-0.2, -0.15) is 4.99 Å². The number of rotatable bonds is 5. The van der Waals surface area contributed by atoms with Crippen LogP contribution < -0.4 is 4.80 Å². The summed E-state index contributed by atoms with van der Waals surface area (Å²) in [6, 6.07) is 14.5. The Bertz CT molecular complexity index is 955. The summed E-state index contributed by atoms with van der Waals surface area (Å²) >= 11 is 3.31. The van der Waals surface area contributed by atoms with E-state index in [0.29, 0.717) is 6.42 Å². The molecule has 3 aromatic rings. The molecule has 0 bridgehead atoms.